The number of carbonyl (C=O) groups excluding carboxylic acids is 1. The topological polar surface area (TPSA) is 67.6 Å². The highest BCUT2D eigenvalue weighted by Gasteiger charge is 2.22. The molecule has 138 valence electrons. The number of hydrogen-bond acceptors (Lipinski definition) is 4. The monoisotopic (exact) mass is 397 g/mol. The number of likely N-dealkylation sites (tertiary alicyclic amines) is 1. The van der Waals surface area contributed by atoms with Crippen molar-refractivity contribution in [1.29, 1.82) is 0 Å². The van der Waals surface area contributed by atoms with Crippen LogP contribution < -0.4 is 15.8 Å². The van der Waals surface area contributed by atoms with Crippen molar-refractivity contribution >= 4 is 48.0 Å². The predicted octanol–water partition coefficient (Wildman–Crippen LogP) is 3.38. The molecule has 1 unspecified atom stereocenters. The number of nitrogen functional groups attached to an aromatic ring is 1. The number of nitrogens with zero attached hydrogens (tertiary/aromatic N) is 1. The number of nitrogens with two attached hydrogens (primary N) is 1. The third kappa shape index (κ3) is 5.59. The van der Waals surface area contributed by atoms with Crippen molar-refractivity contribution in [1.82, 2.24) is 10.2 Å². The molecule has 3 N–H and O–H groups in total. The van der Waals surface area contributed by atoms with Gasteiger partial charge in [0.05, 0.1) is 23.4 Å². The second-order valence-electron chi connectivity index (χ2n) is 5.56. The third-order valence-electron chi connectivity index (χ3n) is 4.22. The first-order valence-corrected chi connectivity index (χ1v) is 8.09. The van der Waals surface area contributed by atoms with E-state index in [9.17, 15) is 4.79 Å². The zero-order chi connectivity index (χ0) is 16.1. The standard InChI is InChI=1S/C16H24ClN3O2.2ClH/c1-3-20-7-5-4-6-11(20)10-19-16(21)12-8-13(17)14(18)9-15(12)22-2;;/h8-9,11H,3-7,10,18H2,1-2H3,(H,19,21);2*1H. The Balaban J connectivity index is 0.00000264. The summed E-state index contributed by atoms with van der Waals surface area (Å²) < 4.78 is 5.23. The molecule has 1 atom stereocenters. The van der Waals surface area contributed by atoms with Crippen molar-refractivity contribution in [3.8, 4) is 5.75 Å². The van der Waals surface area contributed by atoms with E-state index in [1.807, 2.05) is 0 Å². The maximum absolute atomic E-state index is 12.4. The molecular weight excluding hydrogens is 373 g/mol. The number of rotatable bonds is 5. The molecule has 0 aromatic heterocycles. The summed E-state index contributed by atoms with van der Waals surface area (Å²) in [5.74, 6) is 0.260. The molecular formula is C16H26Cl3N3O2. The van der Waals surface area contributed by atoms with Gasteiger partial charge < -0.3 is 15.8 Å². The van der Waals surface area contributed by atoms with E-state index in [0.29, 0.717) is 34.6 Å². The molecule has 0 aliphatic carbocycles. The lowest BCUT2D eigenvalue weighted by Crippen LogP contribution is -2.46. The lowest BCUT2D eigenvalue weighted by atomic mass is 10.0. The Hall–Kier alpha value is -0.880. The zero-order valence-corrected chi connectivity index (χ0v) is 16.4. The number of nitrogens with one attached hydrogen (secondary N) is 1. The number of likely N-dealkylation sites (N-methyl/N-ethyl adjacent to an activating group) is 1. The summed E-state index contributed by atoms with van der Waals surface area (Å²) in [6.45, 7) is 4.91. The normalized spacial score (nSPS) is 17.4. The molecule has 2 rings (SSSR count). The quantitative estimate of drug-likeness (QED) is 0.746. The van der Waals surface area contributed by atoms with Gasteiger partial charge in [0, 0.05) is 18.7 Å². The molecule has 1 aromatic carbocycles. The first kappa shape index (κ1) is 23.1. The Kier molecular flexibility index (Phi) is 10.5. The van der Waals surface area contributed by atoms with E-state index in [-0.39, 0.29) is 30.7 Å². The van der Waals surface area contributed by atoms with Gasteiger partial charge in [-0.25, -0.2) is 0 Å². The Bertz CT molecular complexity index is 544. The van der Waals surface area contributed by atoms with Gasteiger partial charge in [0.1, 0.15) is 5.75 Å². The average Bonchev–Trinajstić information content (AvgIpc) is 2.54. The van der Waals surface area contributed by atoms with Crippen LogP contribution in [0.2, 0.25) is 5.02 Å². The SMILES string of the molecule is CCN1CCCCC1CNC(=O)c1cc(Cl)c(N)cc1OC.Cl.Cl. The summed E-state index contributed by atoms with van der Waals surface area (Å²) in [7, 11) is 1.51. The molecule has 1 fully saturated rings. The molecule has 1 aromatic rings. The minimum Gasteiger partial charge on any atom is -0.496 e. The van der Waals surface area contributed by atoms with Crippen LogP contribution >= 0.6 is 36.4 Å². The highest BCUT2D eigenvalue weighted by atomic mass is 35.5. The van der Waals surface area contributed by atoms with Gasteiger partial charge in [0.15, 0.2) is 0 Å². The van der Waals surface area contributed by atoms with Crippen LogP contribution in [0.4, 0.5) is 5.69 Å². The summed E-state index contributed by atoms with van der Waals surface area (Å²) in [4.78, 5) is 14.8. The molecule has 5 nitrogen and oxygen atoms in total. The molecule has 0 bridgehead atoms. The molecule has 8 heteroatoms. The fourth-order valence-electron chi connectivity index (χ4n) is 2.93. The first-order valence-electron chi connectivity index (χ1n) is 7.72. The van der Waals surface area contributed by atoms with Gasteiger partial charge >= 0.3 is 0 Å². The summed E-state index contributed by atoms with van der Waals surface area (Å²) in [5, 5.41) is 3.35. The molecule has 1 aliphatic rings. The Morgan fingerprint density at radius 1 is 1.42 bits per heavy atom. The highest BCUT2D eigenvalue weighted by Crippen LogP contribution is 2.28. The van der Waals surface area contributed by atoms with Crippen LogP contribution in [0.1, 0.15) is 36.5 Å². The number of ether oxygens (including phenoxy) is 1. The van der Waals surface area contributed by atoms with Gasteiger partial charge in [-0.05, 0) is 32.0 Å². The summed E-state index contributed by atoms with van der Waals surface area (Å²) in [5.41, 5.74) is 6.56. The highest BCUT2D eigenvalue weighted by molar-refractivity contribution is 6.33. The number of methoxy groups -OCH3 is 1. The number of anilines is 1. The van der Waals surface area contributed by atoms with Gasteiger partial charge in [-0.15, -0.1) is 24.8 Å². The van der Waals surface area contributed by atoms with Crippen LogP contribution in [0.5, 0.6) is 5.75 Å². The minimum atomic E-state index is -0.180. The van der Waals surface area contributed by atoms with E-state index in [1.165, 1.54) is 20.0 Å². The van der Waals surface area contributed by atoms with E-state index >= 15 is 0 Å². The number of benzene rings is 1. The van der Waals surface area contributed by atoms with E-state index in [2.05, 4.69) is 17.1 Å². The number of carbonyl (C=O) groups is 1. The van der Waals surface area contributed by atoms with Crippen LogP contribution in [0.3, 0.4) is 0 Å². The molecule has 1 aliphatic heterocycles. The molecule has 1 saturated heterocycles. The molecule has 1 heterocycles. The predicted molar refractivity (Wildman–Crippen MR) is 104 cm³/mol. The third-order valence-corrected chi connectivity index (χ3v) is 4.54. The number of halogens is 3. The van der Waals surface area contributed by atoms with Crippen molar-refractivity contribution in [3.05, 3.63) is 22.7 Å². The average molecular weight is 399 g/mol. The Morgan fingerprint density at radius 3 is 2.75 bits per heavy atom. The summed E-state index contributed by atoms with van der Waals surface area (Å²) in [6.07, 6.45) is 3.57. The largest absolute Gasteiger partial charge is 0.496 e. The second-order valence-corrected chi connectivity index (χ2v) is 5.97. The van der Waals surface area contributed by atoms with Crippen molar-refractivity contribution in [2.24, 2.45) is 0 Å². The van der Waals surface area contributed by atoms with Gasteiger partial charge in [0.25, 0.3) is 5.91 Å². The minimum absolute atomic E-state index is 0. The van der Waals surface area contributed by atoms with E-state index in [1.54, 1.807) is 12.1 Å². The van der Waals surface area contributed by atoms with Gasteiger partial charge in [-0.3, -0.25) is 9.69 Å². The zero-order valence-electron chi connectivity index (χ0n) is 14.0. The van der Waals surface area contributed by atoms with Gasteiger partial charge in [-0.2, -0.15) is 0 Å². The lowest BCUT2D eigenvalue weighted by molar-refractivity contribution is 0.0915. The fourth-order valence-corrected chi connectivity index (χ4v) is 3.09. The lowest BCUT2D eigenvalue weighted by Gasteiger charge is -2.34. The van der Waals surface area contributed by atoms with Crippen LogP contribution in [0.15, 0.2) is 12.1 Å². The Morgan fingerprint density at radius 2 is 2.12 bits per heavy atom. The van der Waals surface area contributed by atoms with E-state index in [0.717, 1.165) is 19.5 Å². The molecule has 0 radical (unpaired) electrons. The molecule has 0 saturated carbocycles. The summed E-state index contributed by atoms with van der Waals surface area (Å²) in [6, 6.07) is 3.54. The number of piperidine rings is 1. The van der Waals surface area contributed by atoms with Crippen molar-refractivity contribution in [2.45, 2.75) is 32.2 Å². The molecule has 1 amide bonds. The van der Waals surface area contributed by atoms with Crippen molar-refractivity contribution in [3.63, 3.8) is 0 Å². The maximum atomic E-state index is 12.4. The first-order chi connectivity index (χ1) is 10.6. The number of amides is 1. The smallest absolute Gasteiger partial charge is 0.255 e. The van der Waals surface area contributed by atoms with Crippen LogP contribution in [-0.2, 0) is 0 Å². The second kappa shape index (κ2) is 10.9. The van der Waals surface area contributed by atoms with E-state index < -0.39 is 0 Å². The van der Waals surface area contributed by atoms with Crippen LogP contribution in [0, 0.1) is 0 Å². The number of hydrogen-bond donors (Lipinski definition) is 2. The maximum Gasteiger partial charge on any atom is 0.255 e. The molecule has 24 heavy (non-hydrogen) atoms. The van der Waals surface area contributed by atoms with Crippen LogP contribution in [0.25, 0.3) is 0 Å². The van der Waals surface area contributed by atoms with E-state index in [4.69, 9.17) is 22.1 Å². The van der Waals surface area contributed by atoms with Crippen molar-refractivity contribution in [2.75, 3.05) is 32.5 Å². The molecule has 0 spiro atoms. The van der Waals surface area contributed by atoms with Crippen LogP contribution in [-0.4, -0.2) is 43.6 Å². The fraction of sp³-hybridized carbons (Fsp3) is 0.562. The Labute approximate surface area is 161 Å². The van der Waals surface area contributed by atoms with Gasteiger partial charge in [-0.1, -0.05) is 24.9 Å². The van der Waals surface area contributed by atoms with Crippen molar-refractivity contribution < 1.29 is 9.53 Å². The summed E-state index contributed by atoms with van der Waals surface area (Å²) >= 11 is 6.01. The van der Waals surface area contributed by atoms with Gasteiger partial charge in [0.2, 0.25) is 0 Å².